The molecule has 1 aliphatic carbocycles. The minimum atomic E-state index is -0.511. The standard InChI is InChI=1S/C43H26N2O/c1-2-10-27(11-3-1)37-23-20-28-18-19-29-21-24-38(45-42(29)41(28)44-37)30-22-25-40-36(26-30)43(35-16-8-9-17-39(35)46-40)33-14-6-4-12-31(33)32-13-5-7-15-34(32)43/h1-26H. The predicted molar refractivity (Wildman–Crippen MR) is 185 cm³/mol. The first-order valence-electron chi connectivity index (χ1n) is 15.7. The first kappa shape index (κ1) is 25.3. The van der Waals surface area contributed by atoms with Crippen molar-refractivity contribution in [2.75, 3.05) is 0 Å². The number of ether oxygens (including phenoxy) is 1. The quantitative estimate of drug-likeness (QED) is 0.189. The molecule has 10 rings (SSSR count). The van der Waals surface area contributed by atoms with Crippen molar-refractivity contribution in [2.45, 2.75) is 5.41 Å². The van der Waals surface area contributed by atoms with Gasteiger partial charge in [-0.25, -0.2) is 9.97 Å². The molecular formula is C43H26N2O. The molecule has 0 N–H and O–H groups in total. The number of hydrogen-bond acceptors (Lipinski definition) is 3. The zero-order valence-corrected chi connectivity index (χ0v) is 24.8. The fourth-order valence-corrected chi connectivity index (χ4v) is 7.71. The zero-order chi connectivity index (χ0) is 30.2. The molecule has 214 valence electrons. The Kier molecular flexibility index (Phi) is 5.20. The van der Waals surface area contributed by atoms with Crippen LogP contribution in [0.1, 0.15) is 22.3 Å². The second kappa shape index (κ2) is 9.47. The lowest BCUT2D eigenvalue weighted by Gasteiger charge is -2.39. The molecule has 2 aliphatic rings. The Labute approximate surface area is 266 Å². The number of rotatable bonds is 2. The molecule has 0 radical (unpaired) electrons. The Bertz CT molecular complexity index is 2470. The minimum absolute atomic E-state index is 0.511. The van der Waals surface area contributed by atoms with Crippen LogP contribution in [0.3, 0.4) is 0 Å². The van der Waals surface area contributed by atoms with E-state index in [1.54, 1.807) is 0 Å². The molecule has 0 bridgehead atoms. The molecule has 0 atom stereocenters. The molecule has 2 aromatic heterocycles. The third-order valence-corrected chi connectivity index (χ3v) is 9.73. The van der Waals surface area contributed by atoms with Gasteiger partial charge in [-0.05, 0) is 58.7 Å². The van der Waals surface area contributed by atoms with Crippen LogP contribution in [0.2, 0.25) is 0 Å². The van der Waals surface area contributed by atoms with E-state index >= 15 is 0 Å². The lowest BCUT2D eigenvalue weighted by Crippen LogP contribution is -2.32. The van der Waals surface area contributed by atoms with Crippen LogP contribution in [0.4, 0.5) is 0 Å². The van der Waals surface area contributed by atoms with E-state index in [4.69, 9.17) is 14.7 Å². The van der Waals surface area contributed by atoms with E-state index < -0.39 is 5.41 Å². The van der Waals surface area contributed by atoms with Crippen LogP contribution in [0.5, 0.6) is 11.5 Å². The molecule has 46 heavy (non-hydrogen) atoms. The monoisotopic (exact) mass is 586 g/mol. The second-order valence-corrected chi connectivity index (χ2v) is 12.1. The molecular weight excluding hydrogens is 560 g/mol. The van der Waals surface area contributed by atoms with Gasteiger partial charge in [0.15, 0.2) is 0 Å². The van der Waals surface area contributed by atoms with Gasteiger partial charge in [0.1, 0.15) is 11.5 Å². The van der Waals surface area contributed by atoms with Crippen LogP contribution >= 0.6 is 0 Å². The predicted octanol–water partition coefficient (Wildman–Crippen LogP) is 10.6. The molecule has 0 saturated heterocycles. The Balaban J connectivity index is 1.22. The number of fused-ring (bicyclic) bond motifs is 12. The first-order valence-corrected chi connectivity index (χ1v) is 15.7. The van der Waals surface area contributed by atoms with E-state index in [0.29, 0.717) is 0 Å². The fourth-order valence-electron chi connectivity index (χ4n) is 7.71. The average molecular weight is 587 g/mol. The highest BCUT2D eigenvalue weighted by Gasteiger charge is 2.51. The highest BCUT2D eigenvalue weighted by Crippen LogP contribution is 2.62. The smallest absolute Gasteiger partial charge is 0.132 e. The highest BCUT2D eigenvalue weighted by atomic mass is 16.5. The van der Waals surface area contributed by atoms with Gasteiger partial charge >= 0.3 is 0 Å². The number of hydrogen-bond donors (Lipinski definition) is 0. The molecule has 0 saturated carbocycles. The van der Waals surface area contributed by atoms with Gasteiger partial charge in [-0.2, -0.15) is 0 Å². The molecule has 3 nitrogen and oxygen atoms in total. The summed E-state index contributed by atoms with van der Waals surface area (Å²) in [6, 6.07) is 55.8. The van der Waals surface area contributed by atoms with Gasteiger partial charge in [0.25, 0.3) is 0 Å². The molecule has 0 unspecified atom stereocenters. The lowest BCUT2D eigenvalue weighted by atomic mass is 9.66. The van der Waals surface area contributed by atoms with Crippen molar-refractivity contribution in [3.05, 3.63) is 180 Å². The number of pyridine rings is 2. The van der Waals surface area contributed by atoms with Crippen LogP contribution in [-0.2, 0) is 5.41 Å². The maximum atomic E-state index is 6.64. The van der Waals surface area contributed by atoms with Gasteiger partial charge in [0.2, 0.25) is 0 Å². The molecule has 3 heteroatoms. The maximum Gasteiger partial charge on any atom is 0.132 e. The summed E-state index contributed by atoms with van der Waals surface area (Å²) < 4.78 is 6.64. The van der Waals surface area contributed by atoms with E-state index in [-0.39, 0.29) is 0 Å². The average Bonchev–Trinajstić information content (AvgIpc) is 3.42. The van der Waals surface area contributed by atoms with Crippen molar-refractivity contribution in [2.24, 2.45) is 0 Å². The molecule has 6 aromatic carbocycles. The molecule has 0 amide bonds. The Morgan fingerprint density at radius 1 is 0.391 bits per heavy atom. The summed E-state index contributed by atoms with van der Waals surface area (Å²) in [5.41, 5.74) is 12.7. The van der Waals surface area contributed by atoms with Crippen LogP contribution in [0.15, 0.2) is 158 Å². The van der Waals surface area contributed by atoms with E-state index in [2.05, 4.69) is 140 Å². The summed E-state index contributed by atoms with van der Waals surface area (Å²) >= 11 is 0. The molecule has 0 fully saturated rings. The minimum Gasteiger partial charge on any atom is -0.457 e. The van der Waals surface area contributed by atoms with E-state index in [1.807, 2.05) is 18.2 Å². The van der Waals surface area contributed by atoms with Crippen molar-refractivity contribution in [3.8, 4) is 45.1 Å². The summed E-state index contributed by atoms with van der Waals surface area (Å²) in [5.74, 6) is 1.76. The zero-order valence-electron chi connectivity index (χ0n) is 24.8. The number of nitrogens with zero attached hydrogens (tertiary/aromatic N) is 2. The van der Waals surface area contributed by atoms with Crippen molar-refractivity contribution in [3.63, 3.8) is 0 Å². The van der Waals surface area contributed by atoms with Crippen molar-refractivity contribution >= 4 is 21.8 Å². The summed E-state index contributed by atoms with van der Waals surface area (Å²) in [5, 5.41) is 2.14. The van der Waals surface area contributed by atoms with E-state index in [1.165, 1.54) is 22.3 Å². The lowest BCUT2D eigenvalue weighted by molar-refractivity contribution is 0.436. The van der Waals surface area contributed by atoms with E-state index in [0.717, 1.165) is 66.9 Å². The van der Waals surface area contributed by atoms with Crippen molar-refractivity contribution < 1.29 is 4.74 Å². The van der Waals surface area contributed by atoms with Crippen molar-refractivity contribution in [1.82, 2.24) is 9.97 Å². The highest BCUT2D eigenvalue weighted by molar-refractivity contribution is 6.04. The Hall–Kier alpha value is -6.06. The Morgan fingerprint density at radius 2 is 0.913 bits per heavy atom. The normalized spacial score (nSPS) is 13.6. The molecule has 1 aliphatic heterocycles. The molecule has 8 aromatic rings. The van der Waals surface area contributed by atoms with Crippen LogP contribution in [0.25, 0.3) is 55.4 Å². The van der Waals surface area contributed by atoms with Gasteiger partial charge in [0, 0.05) is 33.0 Å². The number of para-hydroxylation sites is 1. The summed E-state index contributed by atoms with van der Waals surface area (Å²) in [4.78, 5) is 10.4. The third-order valence-electron chi connectivity index (χ3n) is 9.73. The van der Waals surface area contributed by atoms with Gasteiger partial charge in [-0.15, -0.1) is 0 Å². The number of aromatic nitrogens is 2. The summed E-state index contributed by atoms with van der Waals surface area (Å²) in [7, 11) is 0. The first-order chi connectivity index (χ1) is 22.8. The van der Waals surface area contributed by atoms with Crippen molar-refractivity contribution in [1.29, 1.82) is 0 Å². The van der Waals surface area contributed by atoms with Crippen LogP contribution < -0.4 is 4.74 Å². The van der Waals surface area contributed by atoms with Gasteiger partial charge < -0.3 is 4.74 Å². The molecule has 3 heterocycles. The number of benzene rings is 6. The van der Waals surface area contributed by atoms with E-state index in [9.17, 15) is 0 Å². The summed E-state index contributed by atoms with van der Waals surface area (Å²) in [6.45, 7) is 0. The SMILES string of the molecule is c1ccc(-c2ccc3ccc4ccc(-c5ccc6c(c5)C5(c7ccccc7O6)c6ccccc6-c6ccccc65)nc4c3n2)cc1. The van der Waals surface area contributed by atoms with Gasteiger partial charge in [-0.3, -0.25) is 0 Å². The van der Waals surface area contributed by atoms with Gasteiger partial charge in [-0.1, -0.05) is 121 Å². The fraction of sp³-hybridized carbons (Fsp3) is 0.0233. The maximum absolute atomic E-state index is 6.64. The summed E-state index contributed by atoms with van der Waals surface area (Å²) in [6.07, 6.45) is 0. The Morgan fingerprint density at radius 3 is 1.59 bits per heavy atom. The van der Waals surface area contributed by atoms with Crippen LogP contribution in [0, 0.1) is 0 Å². The molecule has 1 spiro atoms. The van der Waals surface area contributed by atoms with Gasteiger partial charge in [0.05, 0.1) is 27.8 Å². The largest absolute Gasteiger partial charge is 0.457 e. The third kappa shape index (κ3) is 3.43. The topological polar surface area (TPSA) is 35.0 Å². The second-order valence-electron chi connectivity index (χ2n) is 12.1. The van der Waals surface area contributed by atoms with Crippen LogP contribution in [-0.4, -0.2) is 9.97 Å².